The SMILES string of the molecule is CNC1CCN(C2CCCNC2)C1=O. The maximum atomic E-state index is 11.9. The van der Waals surface area contributed by atoms with Crippen molar-refractivity contribution in [2.24, 2.45) is 0 Å². The molecule has 4 heteroatoms. The highest BCUT2D eigenvalue weighted by Crippen LogP contribution is 2.18. The largest absolute Gasteiger partial charge is 0.337 e. The summed E-state index contributed by atoms with van der Waals surface area (Å²) in [4.78, 5) is 13.9. The van der Waals surface area contributed by atoms with Crippen LogP contribution in [-0.4, -0.2) is 49.6 Å². The molecule has 2 atom stereocenters. The molecule has 0 saturated carbocycles. The lowest BCUT2D eigenvalue weighted by Crippen LogP contribution is -2.48. The minimum absolute atomic E-state index is 0.0666. The van der Waals surface area contributed by atoms with Crippen molar-refractivity contribution >= 4 is 5.91 Å². The normalized spacial score (nSPS) is 33.8. The number of amides is 1. The van der Waals surface area contributed by atoms with Crippen molar-refractivity contribution in [3.8, 4) is 0 Å². The highest BCUT2D eigenvalue weighted by Gasteiger charge is 2.35. The van der Waals surface area contributed by atoms with Crippen LogP contribution in [0.1, 0.15) is 19.3 Å². The quantitative estimate of drug-likeness (QED) is 0.631. The zero-order valence-corrected chi connectivity index (χ0v) is 8.75. The van der Waals surface area contributed by atoms with Crippen molar-refractivity contribution in [1.82, 2.24) is 15.5 Å². The molecular formula is C10H19N3O. The smallest absolute Gasteiger partial charge is 0.240 e. The summed E-state index contributed by atoms with van der Waals surface area (Å²) in [5, 5.41) is 6.42. The van der Waals surface area contributed by atoms with Crippen molar-refractivity contribution in [3.63, 3.8) is 0 Å². The topological polar surface area (TPSA) is 44.4 Å². The molecule has 0 radical (unpaired) electrons. The number of nitrogens with zero attached hydrogens (tertiary/aromatic N) is 1. The van der Waals surface area contributed by atoms with Gasteiger partial charge in [0.1, 0.15) is 0 Å². The third-order valence-electron chi connectivity index (χ3n) is 3.30. The maximum absolute atomic E-state index is 11.9. The zero-order valence-electron chi connectivity index (χ0n) is 8.75. The van der Waals surface area contributed by atoms with Crippen LogP contribution in [0.3, 0.4) is 0 Å². The molecule has 0 aromatic heterocycles. The van der Waals surface area contributed by atoms with Crippen LogP contribution in [0, 0.1) is 0 Å². The average Bonchev–Trinajstić information content (AvgIpc) is 2.61. The Labute approximate surface area is 85.0 Å². The van der Waals surface area contributed by atoms with E-state index in [4.69, 9.17) is 0 Å². The highest BCUT2D eigenvalue weighted by molar-refractivity contribution is 5.84. The zero-order chi connectivity index (χ0) is 9.97. The summed E-state index contributed by atoms with van der Waals surface area (Å²) >= 11 is 0. The van der Waals surface area contributed by atoms with Crippen LogP contribution in [0.4, 0.5) is 0 Å². The molecule has 0 aromatic rings. The molecule has 4 nitrogen and oxygen atoms in total. The van der Waals surface area contributed by atoms with Gasteiger partial charge in [-0.25, -0.2) is 0 Å². The molecule has 0 bridgehead atoms. The van der Waals surface area contributed by atoms with Gasteiger partial charge in [-0.3, -0.25) is 4.79 Å². The van der Waals surface area contributed by atoms with Crippen LogP contribution >= 0.6 is 0 Å². The molecule has 2 fully saturated rings. The summed E-state index contributed by atoms with van der Waals surface area (Å²) in [5.74, 6) is 0.293. The number of likely N-dealkylation sites (N-methyl/N-ethyl adjacent to an activating group) is 1. The van der Waals surface area contributed by atoms with Crippen LogP contribution < -0.4 is 10.6 Å². The lowest BCUT2D eigenvalue weighted by atomic mass is 10.1. The van der Waals surface area contributed by atoms with E-state index in [1.54, 1.807) is 0 Å². The summed E-state index contributed by atoms with van der Waals surface area (Å²) in [6.07, 6.45) is 3.32. The van der Waals surface area contributed by atoms with Crippen LogP contribution in [0.2, 0.25) is 0 Å². The number of likely N-dealkylation sites (tertiary alicyclic amines) is 1. The van der Waals surface area contributed by atoms with Crippen molar-refractivity contribution in [2.75, 3.05) is 26.7 Å². The summed E-state index contributed by atoms with van der Waals surface area (Å²) in [6.45, 7) is 3.01. The first-order chi connectivity index (χ1) is 6.83. The monoisotopic (exact) mass is 197 g/mol. The molecule has 0 aliphatic carbocycles. The highest BCUT2D eigenvalue weighted by atomic mass is 16.2. The Morgan fingerprint density at radius 2 is 2.36 bits per heavy atom. The minimum Gasteiger partial charge on any atom is -0.337 e. The Hall–Kier alpha value is -0.610. The van der Waals surface area contributed by atoms with Gasteiger partial charge in [-0.2, -0.15) is 0 Å². The van der Waals surface area contributed by atoms with Gasteiger partial charge in [0.15, 0.2) is 0 Å². The Morgan fingerprint density at radius 3 is 2.93 bits per heavy atom. The van der Waals surface area contributed by atoms with Crippen molar-refractivity contribution < 1.29 is 4.79 Å². The van der Waals surface area contributed by atoms with E-state index < -0.39 is 0 Å². The van der Waals surface area contributed by atoms with Gasteiger partial charge in [-0.1, -0.05) is 0 Å². The molecule has 2 aliphatic heterocycles. The summed E-state index contributed by atoms with van der Waals surface area (Å²) in [7, 11) is 1.87. The molecule has 2 aliphatic rings. The minimum atomic E-state index is 0.0666. The van der Waals surface area contributed by atoms with E-state index in [1.165, 1.54) is 6.42 Å². The first kappa shape index (κ1) is 9.93. The van der Waals surface area contributed by atoms with E-state index in [-0.39, 0.29) is 6.04 Å². The standard InChI is InChI=1S/C10H19N3O/c1-11-9-4-6-13(10(9)14)8-3-2-5-12-7-8/h8-9,11-12H,2-7H2,1H3. The summed E-state index contributed by atoms with van der Waals surface area (Å²) in [5.41, 5.74) is 0. The second kappa shape index (κ2) is 4.28. The molecule has 0 spiro atoms. The Morgan fingerprint density at radius 1 is 1.50 bits per heavy atom. The van der Waals surface area contributed by atoms with E-state index in [2.05, 4.69) is 10.6 Å². The predicted octanol–water partition coefficient (Wildman–Crippen LogP) is -0.441. The Balaban J connectivity index is 1.94. The molecule has 14 heavy (non-hydrogen) atoms. The van der Waals surface area contributed by atoms with Crippen LogP contribution in [-0.2, 0) is 4.79 Å². The Kier molecular flexibility index (Phi) is 3.03. The van der Waals surface area contributed by atoms with Crippen molar-refractivity contribution in [1.29, 1.82) is 0 Å². The van der Waals surface area contributed by atoms with Crippen molar-refractivity contribution in [2.45, 2.75) is 31.3 Å². The fraction of sp³-hybridized carbons (Fsp3) is 0.900. The third-order valence-corrected chi connectivity index (χ3v) is 3.30. The second-order valence-electron chi connectivity index (χ2n) is 4.16. The molecule has 0 aromatic carbocycles. The maximum Gasteiger partial charge on any atom is 0.240 e. The number of rotatable bonds is 2. The van der Waals surface area contributed by atoms with E-state index in [9.17, 15) is 4.79 Å². The predicted molar refractivity (Wildman–Crippen MR) is 55.1 cm³/mol. The summed E-state index contributed by atoms with van der Waals surface area (Å²) in [6, 6.07) is 0.506. The van der Waals surface area contributed by atoms with E-state index in [0.29, 0.717) is 11.9 Å². The van der Waals surface area contributed by atoms with Gasteiger partial charge in [-0.05, 0) is 32.9 Å². The fourth-order valence-electron chi connectivity index (χ4n) is 2.43. The number of carbonyl (C=O) groups is 1. The van der Waals surface area contributed by atoms with Gasteiger partial charge < -0.3 is 15.5 Å². The van der Waals surface area contributed by atoms with Crippen LogP contribution in [0.5, 0.6) is 0 Å². The van der Waals surface area contributed by atoms with E-state index in [1.807, 2.05) is 11.9 Å². The third kappa shape index (κ3) is 1.77. The second-order valence-corrected chi connectivity index (χ2v) is 4.16. The lowest BCUT2D eigenvalue weighted by Gasteiger charge is -2.31. The van der Waals surface area contributed by atoms with Gasteiger partial charge in [0.05, 0.1) is 6.04 Å². The van der Waals surface area contributed by atoms with Crippen LogP contribution in [0.15, 0.2) is 0 Å². The Bertz CT molecular complexity index is 213. The number of hydrogen-bond acceptors (Lipinski definition) is 3. The average molecular weight is 197 g/mol. The van der Waals surface area contributed by atoms with Gasteiger partial charge in [0.25, 0.3) is 0 Å². The molecular weight excluding hydrogens is 178 g/mol. The molecule has 2 N–H and O–H groups in total. The van der Waals surface area contributed by atoms with E-state index in [0.717, 1.165) is 32.5 Å². The number of carbonyl (C=O) groups excluding carboxylic acids is 1. The van der Waals surface area contributed by atoms with Gasteiger partial charge in [0, 0.05) is 19.1 Å². The number of piperidine rings is 1. The molecule has 2 rings (SSSR count). The van der Waals surface area contributed by atoms with Gasteiger partial charge >= 0.3 is 0 Å². The van der Waals surface area contributed by atoms with E-state index >= 15 is 0 Å². The fourth-order valence-corrected chi connectivity index (χ4v) is 2.43. The number of hydrogen-bond donors (Lipinski definition) is 2. The van der Waals surface area contributed by atoms with Gasteiger partial charge in [0.2, 0.25) is 5.91 Å². The van der Waals surface area contributed by atoms with Crippen LogP contribution in [0.25, 0.3) is 0 Å². The first-order valence-corrected chi connectivity index (χ1v) is 5.51. The molecule has 2 saturated heterocycles. The number of nitrogens with one attached hydrogen (secondary N) is 2. The summed E-state index contributed by atoms with van der Waals surface area (Å²) < 4.78 is 0. The molecule has 2 heterocycles. The molecule has 80 valence electrons. The van der Waals surface area contributed by atoms with Gasteiger partial charge in [-0.15, -0.1) is 0 Å². The van der Waals surface area contributed by atoms with Crippen molar-refractivity contribution in [3.05, 3.63) is 0 Å². The molecule has 2 unspecified atom stereocenters. The lowest BCUT2D eigenvalue weighted by molar-refractivity contribution is -0.131. The molecule has 1 amide bonds. The first-order valence-electron chi connectivity index (χ1n) is 5.51.